The van der Waals surface area contributed by atoms with E-state index >= 15 is 0 Å². The number of benzene rings is 5. The number of ether oxygens (including phenoxy) is 8. The molecule has 7 atom stereocenters. The maximum atomic E-state index is 10.1. The fraction of sp³-hybridized carbons (Fsp3) is 0.467. The van der Waals surface area contributed by atoms with E-state index in [1.807, 2.05) is 152 Å². The van der Waals surface area contributed by atoms with Gasteiger partial charge in [-0.3, -0.25) is 0 Å². The predicted molar refractivity (Wildman–Crippen MR) is 280 cm³/mol. The molecule has 71 heavy (non-hydrogen) atoms. The second kappa shape index (κ2) is 33.3. The summed E-state index contributed by atoms with van der Waals surface area (Å²) in [6.07, 6.45) is 14.8. The molecule has 380 valence electrons. The van der Waals surface area contributed by atoms with Crippen LogP contribution in [0.5, 0.6) is 5.75 Å². The number of unbranched alkanes of at least 4 members (excludes halogenated alkanes) is 11. The third-order valence-electron chi connectivity index (χ3n) is 12.8. The van der Waals surface area contributed by atoms with Gasteiger partial charge in [0.05, 0.1) is 65.5 Å². The van der Waals surface area contributed by atoms with E-state index in [-0.39, 0.29) is 26.4 Å². The molecule has 5 aromatic carbocycles. The van der Waals surface area contributed by atoms with Gasteiger partial charge in [-0.15, -0.1) is 0 Å². The van der Waals surface area contributed by atoms with Crippen LogP contribution >= 0.6 is 0 Å². The Kier molecular flexibility index (Phi) is 25.8. The Hall–Kier alpha value is -5.33. The van der Waals surface area contributed by atoms with Gasteiger partial charge >= 0.3 is 0 Å². The first kappa shape index (κ1) is 55.0. The van der Waals surface area contributed by atoms with Gasteiger partial charge < -0.3 is 37.9 Å². The molecule has 11 nitrogen and oxygen atoms in total. The standard InChI is InChI=1S/C60H77N3O8/c1-3-4-5-6-7-8-9-10-11-12-13-14-27-36-55(66-42-52-37-39-53(64-2)40-38-52)54(62-63-61)46-70-60-59(69-45-51-34-25-18-26-35-51)58(68-44-50-32-23-17-24-33-50)57(67-43-49-30-21-16-22-31-49)56(71-60)47-65-41-48-28-19-15-20-29-48/h15-40,54-60H,3-14,41-47H2,1-2H3/b36-27+/t54-,55-,56?,57?,58?,59?,60?/m1/s1. The van der Waals surface area contributed by atoms with Gasteiger partial charge in [-0.2, -0.15) is 0 Å². The quantitative estimate of drug-likeness (QED) is 0.0129. The van der Waals surface area contributed by atoms with Crippen LogP contribution in [0.15, 0.2) is 163 Å². The van der Waals surface area contributed by atoms with Gasteiger partial charge in [0, 0.05) is 4.91 Å². The number of hydrogen-bond acceptors (Lipinski definition) is 9. The lowest BCUT2D eigenvalue weighted by Gasteiger charge is -2.46. The first-order valence-electron chi connectivity index (χ1n) is 25.9. The molecule has 0 saturated carbocycles. The Bertz CT molecular complexity index is 2200. The van der Waals surface area contributed by atoms with Crippen molar-refractivity contribution in [2.45, 2.75) is 160 Å². The van der Waals surface area contributed by atoms with Gasteiger partial charge in [-0.05, 0) is 58.3 Å². The number of rotatable bonds is 35. The van der Waals surface area contributed by atoms with E-state index in [0.29, 0.717) is 19.8 Å². The van der Waals surface area contributed by atoms with Gasteiger partial charge in [-0.25, -0.2) is 0 Å². The summed E-state index contributed by atoms with van der Waals surface area (Å²) >= 11 is 0. The number of azide groups is 1. The Morgan fingerprint density at radius 3 is 1.55 bits per heavy atom. The van der Waals surface area contributed by atoms with Crippen LogP contribution < -0.4 is 4.74 Å². The van der Waals surface area contributed by atoms with Crippen LogP contribution in [0, 0.1) is 0 Å². The van der Waals surface area contributed by atoms with Gasteiger partial charge in [0.1, 0.15) is 30.2 Å². The third kappa shape index (κ3) is 20.4. The minimum absolute atomic E-state index is 0.0332. The highest BCUT2D eigenvalue weighted by atomic mass is 16.7. The van der Waals surface area contributed by atoms with Gasteiger partial charge in [-0.1, -0.05) is 222 Å². The number of allylic oxidation sites excluding steroid dienone is 1. The average Bonchev–Trinajstić information content (AvgIpc) is 3.42. The lowest BCUT2D eigenvalue weighted by atomic mass is 9.97. The van der Waals surface area contributed by atoms with Crippen molar-refractivity contribution in [2.75, 3.05) is 20.3 Å². The maximum Gasteiger partial charge on any atom is 0.186 e. The highest BCUT2D eigenvalue weighted by Crippen LogP contribution is 2.32. The summed E-state index contributed by atoms with van der Waals surface area (Å²) in [5.41, 5.74) is 15.0. The van der Waals surface area contributed by atoms with E-state index in [0.717, 1.165) is 46.4 Å². The SMILES string of the molecule is CCCCCCCCCCCCC/C=C/[C@@H](OCc1ccc(OC)cc1)[C@@H](COC1OC(COCc2ccccc2)C(OCc2ccccc2)C(OCc2ccccc2)C1OCc1ccccc1)N=[N+]=[N-]. The number of hydrogen-bond donors (Lipinski definition) is 0. The molecule has 11 heteroatoms. The van der Waals surface area contributed by atoms with Crippen LogP contribution in [-0.4, -0.2) is 63.2 Å². The van der Waals surface area contributed by atoms with E-state index in [1.54, 1.807) is 7.11 Å². The first-order valence-corrected chi connectivity index (χ1v) is 25.9. The molecule has 0 N–H and O–H groups in total. The molecule has 0 spiro atoms. The van der Waals surface area contributed by atoms with E-state index < -0.39 is 42.9 Å². The van der Waals surface area contributed by atoms with E-state index in [2.05, 4.69) is 23.0 Å². The molecule has 5 aromatic rings. The topological polar surface area (TPSA) is 123 Å². The van der Waals surface area contributed by atoms with Crippen molar-refractivity contribution >= 4 is 0 Å². The largest absolute Gasteiger partial charge is 0.497 e. The minimum atomic E-state index is -0.986. The molecular formula is C60H77N3O8. The first-order chi connectivity index (χ1) is 35.1. The van der Waals surface area contributed by atoms with Crippen molar-refractivity contribution in [2.24, 2.45) is 5.11 Å². The summed E-state index contributed by atoms with van der Waals surface area (Å²) in [4.78, 5) is 3.31. The molecule has 0 amide bonds. The number of nitrogens with zero attached hydrogens (tertiary/aromatic N) is 3. The zero-order valence-corrected chi connectivity index (χ0v) is 42.1. The maximum absolute atomic E-state index is 10.1. The lowest BCUT2D eigenvalue weighted by Crippen LogP contribution is -2.62. The van der Waals surface area contributed by atoms with Crippen molar-refractivity contribution in [3.05, 3.63) is 196 Å². The normalized spacial score (nSPS) is 18.8. The Morgan fingerprint density at radius 2 is 1.03 bits per heavy atom. The molecule has 6 rings (SSSR count). The average molecular weight is 968 g/mol. The van der Waals surface area contributed by atoms with E-state index in [1.165, 1.54) is 64.2 Å². The molecule has 0 aliphatic carbocycles. The van der Waals surface area contributed by atoms with Crippen LogP contribution in [0.25, 0.3) is 10.4 Å². The zero-order valence-electron chi connectivity index (χ0n) is 42.1. The molecule has 1 saturated heterocycles. The monoisotopic (exact) mass is 968 g/mol. The smallest absolute Gasteiger partial charge is 0.186 e. The van der Waals surface area contributed by atoms with Gasteiger partial charge in [0.25, 0.3) is 0 Å². The second-order valence-electron chi connectivity index (χ2n) is 18.3. The lowest BCUT2D eigenvalue weighted by molar-refractivity contribution is -0.329. The van der Waals surface area contributed by atoms with Crippen molar-refractivity contribution in [1.29, 1.82) is 0 Å². The fourth-order valence-corrected chi connectivity index (χ4v) is 8.70. The van der Waals surface area contributed by atoms with E-state index in [9.17, 15) is 5.53 Å². The van der Waals surface area contributed by atoms with E-state index in [4.69, 9.17) is 37.9 Å². The number of methoxy groups -OCH3 is 1. The Labute approximate surface area is 423 Å². The van der Waals surface area contributed by atoms with Crippen LogP contribution in [0.4, 0.5) is 0 Å². The third-order valence-corrected chi connectivity index (χ3v) is 12.8. The minimum Gasteiger partial charge on any atom is -0.497 e. The molecular weight excluding hydrogens is 891 g/mol. The summed E-state index contributed by atoms with van der Waals surface area (Å²) in [6.45, 7) is 3.93. The molecule has 5 unspecified atom stereocenters. The zero-order chi connectivity index (χ0) is 49.4. The molecule has 1 aliphatic heterocycles. The molecule has 1 aliphatic rings. The predicted octanol–water partition coefficient (Wildman–Crippen LogP) is 14.2. The van der Waals surface area contributed by atoms with Crippen LogP contribution in [0.1, 0.15) is 112 Å². The molecule has 0 aromatic heterocycles. The highest BCUT2D eigenvalue weighted by molar-refractivity contribution is 5.27. The van der Waals surface area contributed by atoms with Crippen molar-refractivity contribution in [3.63, 3.8) is 0 Å². The molecule has 1 heterocycles. The van der Waals surface area contributed by atoms with Gasteiger partial charge in [0.15, 0.2) is 6.29 Å². The molecule has 1 fully saturated rings. The Morgan fingerprint density at radius 1 is 0.549 bits per heavy atom. The van der Waals surface area contributed by atoms with Gasteiger partial charge in [0.2, 0.25) is 0 Å². The molecule has 0 radical (unpaired) electrons. The van der Waals surface area contributed by atoms with Crippen LogP contribution in [-0.2, 0) is 66.2 Å². The molecule has 0 bridgehead atoms. The summed E-state index contributed by atoms with van der Waals surface area (Å²) in [6, 6.07) is 47.2. The second-order valence-corrected chi connectivity index (χ2v) is 18.3. The highest BCUT2D eigenvalue weighted by Gasteiger charge is 2.49. The van der Waals surface area contributed by atoms with Crippen LogP contribution in [0.3, 0.4) is 0 Å². The summed E-state index contributed by atoms with van der Waals surface area (Å²) < 4.78 is 52.9. The van der Waals surface area contributed by atoms with Crippen molar-refractivity contribution in [1.82, 2.24) is 0 Å². The van der Waals surface area contributed by atoms with Crippen molar-refractivity contribution in [3.8, 4) is 5.75 Å². The Balaban J connectivity index is 1.23. The summed E-state index contributed by atoms with van der Waals surface area (Å²) in [7, 11) is 1.65. The summed E-state index contributed by atoms with van der Waals surface area (Å²) in [5, 5.41) is 4.30. The van der Waals surface area contributed by atoms with Crippen molar-refractivity contribution < 1.29 is 37.9 Å². The summed E-state index contributed by atoms with van der Waals surface area (Å²) in [5.74, 6) is 0.761. The van der Waals surface area contributed by atoms with Crippen LogP contribution in [0.2, 0.25) is 0 Å². The fourth-order valence-electron chi connectivity index (χ4n) is 8.70.